The van der Waals surface area contributed by atoms with Crippen LogP contribution >= 0.6 is 15.9 Å². The standard InChI is InChI=1S/C16H22BrFN2/c1-12-9-19-16(6-2-3-7-16)11-20(12)10-13-4-5-15(18)14(17)8-13/h4-5,8,12,19H,2-3,6-7,9-11H2,1H3. The lowest BCUT2D eigenvalue weighted by molar-refractivity contribution is 0.0826. The molecule has 1 atom stereocenters. The van der Waals surface area contributed by atoms with E-state index in [1.54, 1.807) is 6.07 Å². The van der Waals surface area contributed by atoms with E-state index in [2.05, 4.69) is 33.1 Å². The first-order valence-electron chi connectivity index (χ1n) is 7.51. The van der Waals surface area contributed by atoms with Gasteiger partial charge in [0.05, 0.1) is 4.47 Å². The van der Waals surface area contributed by atoms with Gasteiger partial charge < -0.3 is 5.32 Å². The van der Waals surface area contributed by atoms with E-state index in [0.717, 1.165) is 19.6 Å². The molecule has 1 saturated carbocycles. The third-order valence-electron chi connectivity index (χ3n) is 4.83. The molecule has 1 aromatic rings. The van der Waals surface area contributed by atoms with Crippen molar-refractivity contribution in [2.45, 2.75) is 50.7 Å². The van der Waals surface area contributed by atoms with Gasteiger partial charge in [0.2, 0.25) is 0 Å². The van der Waals surface area contributed by atoms with Crippen LogP contribution in [-0.4, -0.2) is 29.6 Å². The summed E-state index contributed by atoms with van der Waals surface area (Å²) < 4.78 is 13.9. The van der Waals surface area contributed by atoms with E-state index in [1.165, 1.54) is 31.2 Å². The highest BCUT2D eigenvalue weighted by molar-refractivity contribution is 9.10. The van der Waals surface area contributed by atoms with Gasteiger partial charge in [0.25, 0.3) is 0 Å². The molecule has 2 nitrogen and oxygen atoms in total. The fraction of sp³-hybridized carbons (Fsp3) is 0.625. The maximum Gasteiger partial charge on any atom is 0.137 e. The van der Waals surface area contributed by atoms with Crippen molar-refractivity contribution in [2.24, 2.45) is 0 Å². The Morgan fingerprint density at radius 1 is 1.40 bits per heavy atom. The molecular formula is C16H22BrFN2. The first-order valence-corrected chi connectivity index (χ1v) is 8.30. The lowest BCUT2D eigenvalue weighted by atomic mass is 9.92. The highest BCUT2D eigenvalue weighted by Gasteiger charge is 2.39. The van der Waals surface area contributed by atoms with E-state index in [4.69, 9.17) is 0 Å². The van der Waals surface area contributed by atoms with Gasteiger partial charge in [-0.2, -0.15) is 0 Å². The molecule has 1 aliphatic carbocycles. The van der Waals surface area contributed by atoms with Gasteiger partial charge in [-0.15, -0.1) is 0 Å². The van der Waals surface area contributed by atoms with Crippen LogP contribution in [0, 0.1) is 5.82 Å². The predicted octanol–water partition coefficient (Wildman–Crippen LogP) is 3.69. The quantitative estimate of drug-likeness (QED) is 0.883. The van der Waals surface area contributed by atoms with Crippen molar-refractivity contribution in [2.75, 3.05) is 13.1 Å². The normalized spacial score (nSPS) is 26.2. The average molecular weight is 341 g/mol. The molecule has 0 radical (unpaired) electrons. The molecule has 0 aromatic heterocycles. The molecule has 1 N–H and O–H groups in total. The zero-order chi connectivity index (χ0) is 14.2. The first kappa shape index (κ1) is 14.5. The van der Waals surface area contributed by atoms with Gasteiger partial charge in [0.15, 0.2) is 0 Å². The predicted molar refractivity (Wildman–Crippen MR) is 83.2 cm³/mol. The topological polar surface area (TPSA) is 15.3 Å². The maximum absolute atomic E-state index is 13.3. The number of halogens is 2. The maximum atomic E-state index is 13.3. The summed E-state index contributed by atoms with van der Waals surface area (Å²) in [6.45, 7) is 5.35. The summed E-state index contributed by atoms with van der Waals surface area (Å²) in [5, 5.41) is 3.77. The van der Waals surface area contributed by atoms with E-state index >= 15 is 0 Å². The van der Waals surface area contributed by atoms with Crippen molar-refractivity contribution < 1.29 is 4.39 Å². The number of rotatable bonds is 2. The van der Waals surface area contributed by atoms with E-state index in [-0.39, 0.29) is 5.82 Å². The van der Waals surface area contributed by atoms with Crippen molar-refractivity contribution in [1.29, 1.82) is 0 Å². The van der Waals surface area contributed by atoms with Crippen molar-refractivity contribution in [3.63, 3.8) is 0 Å². The largest absolute Gasteiger partial charge is 0.308 e. The van der Waals surface area contributed by atoms with Crippen LogP contribution in [0.3, 0.4) is 0 Å². The molecular weight excluding hydrogens is 319 g/mol. The molecule has 20 heavy (non-hydrogen) atoms. The summed E-state index contributed by atoms with van der Waals surface area (Å²) in [7, 11) is 0. The van der Waals surface area contributed by atoms with Crippen LogP contribution in [0.2, 0.25) is 0 Å². The van der Waals surface area contributed by atoms with Crippen LogP contribution < -0.4 is 5.32 Å². The molecule has 4 heteroatoms. The number of benzene rings is 1. The lowest BCUT2D eigenvalue weighted by Gasteiger charge is -2.45. The van der Waals surface area contributed by atoms with Gasteiger partial charge in [0.1, 0.15) is 5.82 Å². The minimum atomic E-state index is -0.186. The van der Waals surface area contributed by atoms with E-state index in [0.29, 0.717) is 16.1 Å². The number of hydrogen-bond acceptors (Lipinski definition) is 2. The van der Waals surface area contributed by atoms with E-state index in [1.807, 2.05) is 12.1 Å². The third-order valence-corrected chi connectivity index (χ3v) is 5.44. The fourth-order valence-electron chi connectivity index (χ4n) is 3.56. The number of piperazine rings is 1. The van der Waals surface area contributed by atoms with Crippen molar-refractivity contribution in [3.8, 4) is 0 Å². The third kappa shape index (κ3) is 2.92. The van der Waals surface area contributed by atoms with Gasteiger partial charge in [-0.1, -0.05) is 18.9 Å². The van der Waals surface area contributed by atoms with Crippen LogP contribution in [0.4, 0.5) is 4.39 Å². The number of nitrogens with zero attached hydrogens (tertiary/aromatic N) is 1. The van der Waals surface area contributed by atoms with Crippen molar-refractivity contribution in [3.05, 3.63) is 34.1 Å². The summed E-state index contributed by atoms with van der Waals surface area (Å²) in [5.41, 5.74) is 1.52. The van der Waals surface area contributed by atoms with Gasteiger partial charge in [-0.3, -0.25) is 4.90 Å². The Labute approximate surface area is 128 Å². The van der Waals surface area contributed by atoms with E-state index in [9.17, 15) is 4.39 Å². The molecule has 2 fully saturated rings. The Morgan fingerprint density at radius 3 is 2.85 bits per heavy atom. The summed E-state index contributed by atoms with van der Waals surface area (Å²) in [5.74, 6) is -0.186. The second-order valence-electron chi connectivity index (χ2n) is 6.37. The zero-order valence-electron chi connectivity index (χ0n) is 12.0. The Hall–Kier alpha value is -0.450. The fourth-order valence-corrected chi connectivity index (χ4v) is 3.99. The molecule has 110 valence electrons. The summed E-state index contributed by atoms with van der Waals surface area (Å²) >= 11 is 3.28. The summed E-state index contributed by atoms with van der Waals surface area (Å²) in [6, 6.07) is 5.89. The summed E-state index contributed by atoms with van der Waals surface area (Å²) in [6.07, 6.45) is 5.28. The second-order valence-corrected chi connectivity index (χ2v) is 7.23. The molecule has 1 saturated heterocycles. The molecule has 2 aliphatic rings. The minimum absolute atomic E-state index is 0.186. The van der Waals surface area contributed by atoms with Crippen LogP contribution in [-0.2, 0) is 6.54 Å². The zero-order valence-corrected chi connectivity index (χ0v) is 13.5. The molecule has 0 bridgehead atoms. The minimum Gasteiger partial charge on any atom is -0.308 e. The highest BCUT2D eigenvalue weighted by Crippen LogP contribution is 2.33. The molecule has 1 unspecified atom stereocenters. The van der Waals surface area contributed by atoms with Crippen molar-refractivity contribution >= 4 is 15.9 Å². The highest BCUT2D eigenvalue weighted by atomic mass is 79.9. The summed E-state index contributed by atoms with van der Waals surface area (Å²) in [4.78, 5) is 2.54. The van der Waals surface area contributed by atoms with Crippen molar-refractivity contribution in [1.82, 2.24) is 10.2 Å². The lowest BCUT2D eigenvalue weighted by Crippen LogP contribution is -2.62. The van der Waals surface area contributed by atoms with Gasteiger partial charge >= 0.3 is 0 Å². The smallest absolute Gasteiger partial charge is 0.137 e. The van der Waals surface area contributed by atoms with Crippen LogP contribution in [0.1, 0.15) is 38.2 Å². The Morgan fingerprint density at radius 2 is 2.15 bits per heavy atom. The molecule has 1 aromatic carbocycles. The average Bonchev–Trinajstić information content (AvgIpc) is 2.87. The van der Waals surface area contributed by atoms with Crippen LogP contribution in [0.5, 0.6) is 0 Å². The number of hydrogen-bond donors (Lipinski definition) is 1. The van der Waals surface area contributed by atoms with Crippen LogP contribution in [0.15, 0.2) is 22.7 Å². The molecule has 3 rings (SSSR count). The SMILES string of the molecule is CC1CNC2(CCCC2)CN1Cc1ccc(F)c(Br)c1. The van der Waals surface area contributed by atoms with Crippen LogP contribution in [0.25, 0.3) is 0 Å². The molecule has 1 spiro atoms. The molecule has 1 aliphatic heterocycles. The first-order chi connectivity index (χ1) is 9.58. The number of nitrogens with one attached hydrogen (secondary N) is 1. The monoisotopic (exact) mass is 340 g/mol. The van der Waals surface area contributed by atoms with Gasteiger partial charge in [0, 0.05) is 31.2 Å². The van der Waals surface area contributed by atoms with Gasteiger partial charge in [-0.05, 0) is 53.4 Å². The molecule has 1 heterocycles. The Bertz CT molecular complexity index is 485. The molecule has 0 amide bonds. The van der Waals surface area contributed by atoms with E-state index < -0.39 is 0 Å². The van der Waals surface area contributed by atoms with Gasteiger partial charge in [-0.25, -0.2) is 4.39 Å². The Kier molecular flexibility index (Phi) is 4.16. The Balaban J connectivity index is 1.72. The second kappa shape index (κ2) is 5.74.